The number of carbonyl (C=O) groups is 1. The number of pyridine rings is 1. The Labute approximate surface area is 241 Å². The van der Waals surface area contributed by atoms with Gasteiger partial charge >= 0.3 is 11.8 Å². The predicted octanol–water partition coefficient (Wildman–Crippen LogP) is 3.94. The highest BCUT2D eigenvalue weighted by atomic mass is 19.1. The molecule has 0 spiro atoms. The van der Waals surface area contributed by atoms with Crippen molar-refractivity contribution in [3.05, 3.63) is 93.0 Å². The molecule has 0 atom stereocenters. The minimum Gasteiger partial charge on any atom is -0.465 e. The van der Waals surface area contributed by atoms with Gasteiger partial charge in [0.2, 0.25) is 0 Å². The van der Waals surface area contributed by atoms with Crippen molar-refractivity contribution in [1.82, 2.24) is 24.3 Å². The van der Waals surface area contributed by atoms with Gasteiger partial charge in [-0.1, -0.05) is 36.4 Å². The molecule has 1 amide bonds. The fourth-order valence-corrected chi connectivity index (χ4v) is 6.14. The van der Waals surface area contributed by atoms with Crippen LogP contribution in [0.3, 0.4) is 0 Å². The van der Waals surface area contributed by atoms with E-state index in [0.29, 0.717) is 44.6 Å². The lowest BCUT2D eigenvalue weighted by Gasteiger charge is -2.29. The van der Waals surface area contributed by atoms with Gasteiger partial charge in [0.05, 0.1) is 30.5 Å². The maximum absolute atomic E-state index is 14.3. The minimum absolute atomic E-state index is 0.0125. The van der Waals surface area contributed by atoms with Crippen LogP contribution in [0.5, 0.6) is 0 Å². The van der Waals surface area contributed by atoms with Crippen LogP contribution in [0, 0.1) is 5.82 Å². The third kappa shape index (κ3) is 5.57. The van der Waals surface area contributed by atoms with Crippen molar-refractivity contribution in [3.63, 3.8) is 0 Å². The van der Waals surface area contributed by atoms with Crippen molar-refractivity contribution in [2.24, 2.45) is 0 Å². The van der Waals surface area contributed by atoms with E-state index in [0.717, 1.165) is 48.6 Å². The van der Waals surface area contributed by atoms with Crippen LogP contribution in [0.4, 0.5) is 9.18 Å². The van der Waals surface area contributed by atoms with E-state index in [9.17, 15) is 18.8 Å². The van der Waals surface area contributed by atoms with E-state index >= 15 is 0 Å². The van der Waals surface area contributed by atoms with E-state index in [1.165, 1.54) is 9.13 Å². The molecule has 1 saturated carbocycles. The van der Waals surface area contributed by atoms with Gasteiger partial charge in [0.1, 0.15) is 5.82 Å². The van der Waals surface area contributed by atoms with Crippen molar-refractivity contribution in [3.8, 4) is 16.8 Å². The molecule has 2 N–H and O–H groups in total. The first-order valence-corrected chi connectivity index (χ1v) is 14.2. The molecule has 4 aromatic rings. The van der Waals surface area contributed by atoms with Crippen LogP contribution in [-0.2, 0) is 11.3 Å². The van der Waals surface area contributed by atoms with Crippen LogP contribution in [0.15, 0.2) is 70.4 Å². The lowest BCUT2D eigenvalue weighted by molar-refractivity contribution is 0.0342. The highest BCUT2D eigenvalue weighted by molar-refractivity contribution is 5.77. The van der Waals surface area contributed by atoms with Crippen LogP contribution in [0.1, 0.15) is 37.3 Å². The Morgan fingerprint density at radius 2 is 1.79 bits per heavy atom. The first-order valence-electron chi connectivity index (χ1n) is 14.2. The van der Waals surface area contributed by atoms with Gasteiger partial charge in [0.25, 0.3) is 5.56 Å². The molecule has 1 aliphatic carbocycles. The molecule has 0 bridgehead atoms. The number of ether oxygens (including phenoxy) is 1. The second-order valence-electron chi connectivity index (χ2n) is 10.9. The number of halogens is 1. The summed E-state index contributed by atoms with van der Waals surface area (Å²) in [5.41, 5.74) is 2.52. The topological polar surface area (TPSA) is 119 Å². The molecule has 2 aromatic heterocycles. The smallest absolute Gasteiger partial charge is 0.404 e. The molecule has 42 heavy (non-hydrogen) atoms. The van der Waals surface area contributed by atoms with Gasteiger partial charge < -0.3 is 15.2 Å². The molecule has 0 radical (unpaired) electrons. The summed E-state index contributed by atoms with van der Waals surface area (Å²) in [6.45, 7) is 3.88. The summed E-state index contributed by atoms with van der Waals surface area (Å²) in [7, 11) is 0. The number of fused-ring (bicyclic) bond motifs is 1. The number of morpholine rings is 1. The highest BCUT2D eigenvalue weighted by Gasteiger charge is 2.28. The SMILES string of the molecule is O=C(O)NC1CCC(n2c(=O)c3cc(F)cnc3n(-c3cccc(-c4ccccc4CN4CCOCC4)c3)c2=O)CC1. The van der Waals surface area contributed by atoms with Crippen LogP contribution in [0.25, 0.3) is 27.8 Å². The summed E-state index contributed by atoms with van der Waals surface area (Å²) in [6.07, 6.45) is 1.74. The van der Waals surface area contributed by atoms with E-state index in [2.05, 4.69) is 21.3 Å². The number of nitrogens with one attached hydrogen (secondary N) is 1. The summed E-state index contributed by atoms with van der Waals surface area (Å²) in [5, 5.41) is 11.6. The van der Waals surface area contributed by atoms with Crippen molar-refractivity contribution in [1.29, 1.82) is 0 Å². The molecule has 1 aliphatic heterocycles. The fraction of sp³-hybridized carbons (Fsp3) is 0.355. The first-order chi connectivity index (χ1) is 20.4. The van der Waals surface area contributed by atoms with Gasteiger partial charge in [0, 0.05) is 31.7 Å². The molecule has 218 valence electrons. The molecule has 0 unspecified atom stereocenters. The van der Waals surface area contributed by atoms with Crippen LogP contribution < -0.4 is 16.6 Å². The molecular weight excluding hydrogens is 541 g/mol. The van der Waals surface area contributed by atoms with Crippen molar-refractivity contribution >= 4 is 17.1 Å². The average Bonchev–Trinajstić information content (AvgIpc) is 2.99. The van der Waals surface area contributed by atoms with Crippen LogP contribution in [-0.4, -0.2) is 62.6 Å². The first kappa shape index (κ1) is 27.8. The van der Waals surface area contributed by atoms with Gasteiger partial charge in [-0.3, -0.25) is 14.3 Å². The van der Waals surface area contributed by atoms with Gasteiger partial charge in [-0.2, -0.15) is 0 Å². The summed E-state index contributed by atoms with van der Waals surface area (Å²) in [5.74, 6) is -0.670. The number of hydrogen-bond donors (Lipinski definition) is 2. The van der Waals surface area contributed by atoms with Crippen molar-refractivity contribution in [2.75, 3.05) is 26.3 Å². The van der Waals surface area contributed by atoms with E-state index in [4.69, 9.17) is 9.84 Å². The van der Waals surface area contributed by atoms with E-state index in [1.807, 2.05) is 36.4 Å². The lowest BCUT2D eigenvalue weighted by atomic mass is 9.91. The second-order valence-corrected chi connectivity index (χ2v) is 10.9. The molecular formula is C31H32FN5O5. The maximum Gasteiger partial charge on any atom is 0.404 e. The summed E-state index contributed by atoms with van der Waals surface area (Å²) in [6, 6.07) is 16.1. The second kappa shape index (κ2) is 11.9. The minimum atomic E-state index is -1.10. The molecule has 2 aromatic carbocycles. The Kier molecular flexibility index (Phi) is 7.86. The average molecular weight is 574 g/mol. The van der Waals surface area contributed by atoms with Crippen LogP contribution in [0.2, 0.25) is 0 Å². The third-order valence-electron chi connectivity index (χ3n) is 8.21. The number of benzene rings is 2. The number of carboxylic acid groups (broad SMARTS) is 1. The summed E-state index contributed by atoms with van der Waals surface area (Å²) in [4.78, 5) is 45.3. The standard InChI is InChI=1S/C31H32FN5O5/c32-22-17-27-28(33-18-22)36(31(41)37(29(27)38)24-10-8-23(9-11-24)34-30(39)40)25-6-3-5-20(16-25)26-7-2-1-4-21(26)19-35-12-14-42-15-13-35/h1-7,16-18,23-24,34H,8-15,19H2,(H,39,40). The highest BCUT2D eigenvalue weighted by Crippen LogP contribution is 2.29. The largest absolute Gasteiger partial charge is 0.465 e. The van der Waals surface area contributed by atoms with E-state index in [1.54, 1.807) is 6.07 Å². The zero-order chi connectivity index (χ0) is 29.2. The monoisotopic (exact) mass is 573 g/mol. The molecule has 6 rings (SSSR count). The van der Waals surface area contributed by atoms with Gasteiger partial charge in [-0.15, -0.1) is 0 Å². The Hall–Kier alpha value is -4.35. The lowest BCUT2D eigenvalue weighted by Crippen LogP contribution is -2.45. The quantitative estimate of drug-likeness (QED) is 0.359. The number of aromatic nitrogens is 3. The summed E-state index contributed by atoms with van der Waals surface area (Å²) >= 11 is 0. The molecule has 11 heteroatoms. The number of amides is 1. The Morgan fingerprint density at radius 1 is 1.02 bits per heavy atom. The van der Waals surface area contributed by atoms with Gasteiger partial charge in [-0.05, 0) is 60.6 Å². The number of nitrogens with zero attached hydrogens (tertiary/aromatic N) is 4. The molecule has 2 fully saturated rings. The molecule has 10 nitrogen and oxygen atoms in total. The third-order valence-corrected chi connectivity index (χ3v) is 8.21. The molecule has 1 saturated heterocycles. The van der Waals surface area contributed by atoms with Gasteiger partial charge in [0.15, 0.2) is 5.65 Å². The zero-order valence-electron chi connectivity index (χ0n) is 23.0. The Bertz CT molecular complexity index is 1740. The number of hydrogen-bond acceptors (Lipinski definition) is 6. The molecule has 2 aliphatic rings. The van der Waals surface area contributed by atoms with Crippen molar-refractivity contribution in [2.45, 2.75) is 44.3 Å². The summed E-state index contributed by atoms with van der Waals surface area (Å²) < 4.78 is 22.4. The predicted molar refractivity (Wildman–Crippen MR) is 156 cm³/mol. The van der Waals surface area contributed by atoms with E-state index < -0.39 is 29.2 Å². The molecule has 3 heterocycles. The van der Waals surface area contributed by atoms with Crippen molar-refractivity contribution < 1.29 is 19.0 Å². The maximum atomic E-state index is 14.3. The fourth-order valence-electron chi connectivity index (χ4n) is 6.14. The zero-order valence-corrected chi connectivity index (χ0v) is 23.0. The normalized spacial score (nSPS) is 19.5. The Morgan fingerprint density at radius 3 is 2.55 bits per heavy atom. The Balaban J connectivity index is 1.43. The van der Waals surface area contributed by atoms with Gasteiger partial charge in [-0.25, -0.2) is 23.5 Å². The van der Waals surface area contributed by atoms with E-state index in [-0.39, 0.29) is 17.1 Å². The number of rotatable bonds is 6. The van der Waals surface area contributed by atoms with Crippen LogP contribution >= 0.6 is 0 Å².